The van der Waals surface area contributed by atoms with E-state index in [-0.39, 0.29) is 12.1 Å². The number of carbonyl (C=O) groups excluding carboxylic acids is 2. The minimum atomic E-state index is -0.482. The van der Waals surface area contributed by atoms with Crippen LogP contribution in [0.15, 0.2) is 34.9 Å². The van der Waals surface area contributed by atoms with E-state index in [2.05, 4.69) is 43.9 Å². The molecule has 1 aliphatic carbocycles. The average molecular weight is 700 g/mol. The number of aryl methyl sites for hydroxylation is 2. The lowest BCUT2D eigenvalue weighted by Crippen LogP contribution is -2.45. The molecule has 0 spiro atoms. The Bertz CT molecular complexity index is 1370. The largest absolute Gasteiger partial charge is 0.444 e. The smallest absolute Gasteiger partial charge is 0.410 e. The van der Waals surface area contributed by atoms with Gasteiger partial charge in [0.25, 0.3) is 0 Å². The molecule has 2 amide bonds. The van der Waals surface area contributed by atoms with Crippen molar-refractivity contribution in [1.29, 1.82) is 0 Å². The minimum absolute atomic E-state index is 0.141. The van der Waals surface area contributed by atoms with Crippen LogP contribution < -0.4 is 0 Å². The summed E-state index contributed by atoms with van der Waals surface area (Å²) in [4.78, 5) is 37.1. The monoisotopic (exact) mass is 698 g/mol. The van der Waals surface area contributed by atoms with E-state index in [0.717, 1.165) is 74.2 Å². The number of halogens is 2. The molecule has 0 radical (unpaired) electrons. The number of hydrogen-bond acceptors (Lipinski definition) is 5. The van der Waals surface area contributed by atoms with Gasteiger partial charge in [-0.1, -0.05) is 33.6 Å². The first-order valence-electron chi connectivity index (χ1n) is 17.0. The topological polar surface area (TPSA) is 66.0 Å². The Morgan fingerprint density at radius 3 is 2.20 bits per heavy atom. The maximum atomic E-state index is 13.2. The second-order valence-corrected chi connectivity index (χ2v) is 15.9. The van der Waals surface area contributed by atoms with Crippen LogP contribution in [0.5, 0.6) is 0 Å². The molecule has 6 rings (SSSR count). The standard InChI is InChI=1S/C36H48BrClN4O3/c1-36(2,3)45-35(44)42-15-8-24(9-16-42)21-31(43)40-17-10-25(11-18-40)26-12-19-41(20-13-26)34-32-28(22-29(38)23-30(32)37)7-6-27-5-4-14-39-33(27)34/h4-5,14,22-26,34H,6-13,15-21H2,1-3H3. The van der Waals surface area contributed by atoms with Crippen molar-refractivity contribution in [3.05, 3.63) is 62.3 Å². The van der Waals surface area contributed by atoms with Crippen LogP contribution in [-0.2, 0) is 22.4 Å². The molecule has 1 aromatic carbocycles. The number of hydrogen-bond donors (Lipinski definition) is 0. The number of likely N-dealkylation sites (tertiary alicyclic amines) is 3. The van der Waals surface area contributed by atoms with Gasteiger partial charge in [0.1, 0.15) is 5.60 Å². The normalized spacial score (nSPS) is 22.5. The fourth-order valence-corrected chi connectivity index (χ4v) is 9.20. The van der Waals surface area contributed by atoms with E-state index in [1.165, 1.54) is 35.2 Å². The van der Waals surface area contributed by atoms with Crippen molar-refractivity contribution in [1.82, 2.24) is 19.7 Å². The summed E-state index contributed by atoms with van der Waals surface area (Å²) < 4.78 is 6.61. The molecule has 0 N–H and O–H groups in total. The van der Waals surface area contributed by atoms with E-state index >= 15 is 0 Å². The molecular weight excluding hydrogens is 652 g/mol. The number of aromatic nitrogens is 1. The van der Waals surface area contributed by atoms with Crippen molar-refractivity contribution in [2.45, 2.75) is 90.2 Å². The van der Waals surface area contributed by atoms with Gasteiger partial charge < -0.3 is 14.5 Å². The number of pyridine rings is 1. The van der Waals surface area contributed by atoms with Crippen LogP contribution in [0.1, 0.15) is 94.1 Å². The van der Waals surface area contributed by atoms with Gasteiger partial charge in [0.15, 0.2) is 0 Å². The number of rotatable bonds is 4. The molecule has 2 aromatic rings. The summed E-state index contributed by atoms with van der Waals surface area (Å²) in [6, 6.07) is 8.63. The fourth-order valence-electron chi connectivity index (χ4n) is 8.11. The van der Waals surface area contributed by atoms with Crippen molar-refractivity contribution in [3.63, 3.8) is 0 Å². The molecular formula is C36H48BrClN4O3. The summed E-state index contributed by atoms with van der Waals surface area (Å²) in [7, 11) is 0. The number of amides is 2. The molecule has 1 unspecified atom stereocenters. The fraction of sp³-hybridized carbons (Fsp3) is 0.639. The molecule has 45 heavy (non-hydrogen) atoms. The number of carbonyl (C=O) groups is 2. The van der Waals surface area contributed by atoms with Crippen LogP contribution in [-0.4, -0.2) is 76.6 Å². The molecule has 1 aromatic heterocycles. The Hall–Kier alpha value is -2.16. The lowest BCUT2D eigenvalue weighted by molar-refractivity contribution is -0.134. The van der Waals surface area contributed by atoms with Crippen LogP contribution in [0, 0.1) is 17.8 Å². The first-order valence-corrected chi connectivity index (χ1v) is 18.1. The van der Waals surface area contributed by atoms with Gasteiger partial charge in [-0.05, 0) is 138 Å². The highest BCUT2D eigenvalue weighted by atomic mass is 79.9. The van der Waals surface area contributed by atoms with Gasteiger partial charge in [-0.15, -0.1) is 0 Å². The third-order valence-corrected chi connectivity index (χ3v) is 11.4. The van der Waals surface area contributed by atoms with Crippen molar-refractivity contribution in [2.24, 2.45) is 17.8 Å². The number of ether oxygens (including phenoxy) is 1. The zero-order valence-corrected chi connectivity index (χ0v) is 29.4. The molecule has 3 aliphatic heterocycles. The predicted octanol–water partition coefficient (Wildman–Crippen LogP) is 7.67. The van der Waals surface area contributed by atoms with Crippen molar-refractivity contribution < 1.29 is 14.3 Å². The van der Waals surface area contributed by atoms with E-state index in [4.69, 9.17) is 21.3 Å². The first-order chi connectivity index (χ1) is 21.6. The van der Waals surface area contributed by atoms with E-state index in [1.54, 1.807) is 4.90 Å². The molecule has 3 saturated heterocycles. The Labute approximate surface area is 282 Å². The lowest BCUT2D eigenvalue weighted by Gasteiger charge is -2.43. The van der Waals surface area contributed by atoms with Gasteiger partial charge in [-0.3, -0.25) is 14.7 Å². The molecule has 0 saturated carbocycles. The van der Waals surface area contributed by atoms with Crippen molar-refractivity contribution in [2.75, 3.05) is 39.3 Å². The highest BCUT2D eigenvalue weighted by Crippen LogP contribution is 2.43. The van der Waals surface area contributed by atoms with Gasteiger partial charge in [0.05, 0.1) is 11.7 Å². The van der Waals surface area contributed by atoms with Crippen molar-refractivity contribution in [3.8, 4) is 0 Å². The summed E-state index contributed by atoms with van der Waals surface area (Å²) >= 11 is 10.4. The maximum absolute atomic E-state index is 13.2. The lowest BCUT2D eigenvalue weighted by atomic mass is 9.78. The predicted molar refractivity (Wildman–Crippen MR) is 181 cm³/mol. The Balaban J connectivity index is 0.999. The van der Waals surface area contributed by atoms with Gasteiger partial charge >= 0.3 is 6.09 Å². The average Bonchev–Trinajstić information content (AvgIpc) is 3.18. The zero-order valence-electron chi connectivity index (χ0n) is 27.1. The molecule has 4 aliphatic rings. The second kappa shape index (κ2) is 13.9. The molecule has 3 fully saturated rings. The van der Waals surface area contributed by atoms with Crippen molar-refractivity contribution >= 4 is 39.5 Å². The summed E-state index contributed by atoms with van der Waals surface area (Å²) in [6.45, 7) is 10.9. The molecule has 9 heteroatoms. The number of piperidine rings is 3. The quantitative estimate of drug-likeness (QED) is 0.328. The molecule has 4 heterocycles. The van der Waals surface area contributed by atoms with Crippen LogP contribution >= 0.6 is 27.5 Å². The zero-order chi connectivity index (χ0) is 31.7. The maximum Gasteiger partial charge on any atom is 0.410 e. The number of nitrogens with zero attached hydrogens (tertiary/aromatic N) is 4. The summed E-state index contributed by atoms with van der Waals surface area (Å²) in [5, 5.41) is 0.783. The third-order valence-electron chi connectivity index (χ3n) is 10.5. The molecule has 0 bridgehead atoms. The summed E-state index contributed by atoms with van der Waals surface area (Å²) in [5.74, 6) is 2.04. The van der Waals surface area contributed by atoms with Gasteiger partial charge in [0, 0.05) is 48.3 Å². The van der Waals surface area contributed by atoms with E-state index < -0.39 is 5.60 Å². The van der Waals surface area contributed by atoms with Gasteiger partial charge in [-0.25, -0.2) is 4.79 Å². The first kappa shape index (κ1) is 32.8. The molecule has 7 nitrogen and oxygen atoms in total. The number of fused-ring (bicyclic) bond motifs is 2. The SMILES string of the molecule is CC(C)(C)OC(=O)N1CCC(CC(=O)N2CCC(C3CCN(C4c5ncccc5CCc5cc(Cl)cc(Br)c54)CC3)CC2)CC1. The van der Waals surface area contributed by atoms with Gasteiger partial charge in [0.2, 0.25) is 5.91 Å². The van der Waals surface area contributed by atoms with Crippen LogP contribution in [0.3, 0.4) is 0 Å². The summed E-state index contributed by atoms with van der Waals surface area (Å²) in [6.07, 6.45) is 10.6. The Morgan fingerprint density at radius 2 is 1.53 bits per heavy atom. The highest BCUT2D eigenvalue weighted by Gasteiger charge is 2.37. The molecule has 1 atom stereocenters. The van der Waals surface area contributed by atoms with Gasteiger partial charge in [-0.2, -0.15) is 0 Å². The van der Waals surface area contributed by atoms with E-state index in [9.17, 15) is 9.59 Å². The van der Waals surface area contributed by atoms with E-state index in [1.807, 2.05) is 33.0 Å². The Morgan fingerprint density at radius 1 is 0.911 bits per heavy atom. The molecule has 244 valence electrons. The Kier molecular flexibility index (Phi) is 10.1. The highest BCUT2D eigenvalue weighted by molar-refractivity contribution is 9.10. The third kappa shape index (κ3) is 7.70. The second-order valence-electron chi connectivity index (χ2n) is 14.6. The number of benzene rings is 1. The van der Waals surface area contributed by atoms with Crippen LogP contribution in [0.2, 0.25) is 5.02 Å². The van der Waals surface area contributed by atoms with Crippen LogP contribution in [0.25, 0.3) is 0 Å². The minimum Gasteiger partial charge on any atom is -0.444 e. The summed E-state index contributed by atoms with van der Waals surface area (Å²) in [5.41, 5.74) is 4.71. The van der Waals surface area contributed by atoms with E-state index in [0.29, 0.717) is 43.2 Å². The van der Waals surface area contributed by atoms with Crippen LogP contribution in [0.4, 0.5) is 4.79 Å².